The predicted octanol–water partition coefficient (Wildman–Crippen LogP) is 3.32. The Hall–Kier alpha value is -1.34. The minimum atomic E-state index is -4.50. The van der Waals surface area contributed by atoms with E-state index < -0.39 is 11.7 Å². The van der Waals surface area contributed by atoms with Gasteiger partial charge in [-0.25, -0.2) is 0 Å². The van der Waals surface area contributed by atoms with Crippen LogP contribution in [0.4, 0.5) is 18.9 Å². The summed E-state index contributed by atoms with van der Waals surface area (Å²) in [5, 5.41) is 3.13. The van der Waals surface area contributed by atoms with E-state index in [2.05, 4.69) is 17.5 Å². The van der Waals surface area contributed by atoms with Gasteiger partial charge in [-0.05, 0) is 38.0 Å². The van der Waals surface area contributed by atoms with Crippen LogP contribution in [0.3, 0.4) is 0 Å². The lowest BCUT2D eigenvalue weighted by atomic mass is 9.94. The van der Waals surface area contributed by atoms with E-state index in [4.69, 9.17) is 10.5 Å². The molecule has 1 aromatic carbocycles. The van der Waals surface area contributed by atoms with Gasteiger partial charge >= 0.3 is 6.18 Å². The van der Waals surface area contributed by atoms with Gasteiger partial charge in [-0.1, -0.05) is 12.2 Å². The number of hydrogen-bond acceptors (Lipinski definition) is 3. The molecule has 0 aliphatic carbocycles. The third-order valence-electron chi connectivity index (χ3n) is 3.47. The number of alkyl halides is 3. The van der Waals surface area contributed by atoms with Crippen LogP contribution < -0.4 is 11.1 Å². The second-order valence-corrected chi connectivity index (χ2v) is 5.90. The maximum Gasteiger partial charge on any atom is 0.417 e. The van der Waals surface area contributed by atoms with Crippen molar-refractivity contribution >= 4 is 22.9 Å². The monoisotopic (exact) mass is 318 g/mol. The van der Waals surface area contributed by atoms with Gasteiger partial charge in [0.2, 0.25) is 0 Å². The third-order valence-corrected chi connectivity index (χ3v) is 3.69. The molecule has 3 N–H and O–H groups in total. The number of hydrogen-bond donors (Lipinski definition) is 2. The van der Waals surface area contributed by atoms with Gasteiger partial charge in [0.15, 0.2) is 0 Å². The Bertz CT molecular complexity index is 540. The van der Waals surface area contributed by atoms with E-state index in [1.54, 1.807) is 6.07 Å². The van der Waals surface area contributed by atoms with Crippen molar-refractivity contribution in [2.75, 3.05) is 18.5 Å². The molecule has 0 bridgehead atoms. The summed E-state index contributed by atoms with van der Waals surface area (Å²) in [6.07, 6.45) is -2.79. The lowest BCUT2D eigenvalue weighted by molar-refractivity contribution is -0.137. The summed E-state index contributed by atoms with van der Waals surface area (Å²) in [5.74, 6) is 0. The first-order valence-electron chi connectivity index (χ1n) is 6.58. The summed E-state index contributed by atoms with van der Waals surface area (Å²) in [7, 11) is 0. The van der Waals surface area contributed by atoms with Gasteiger partial charge in [0.25, 0.3) is 0 Å². The largest absolute Gasteiger partial charge is 0.417 e. The van der Waals surface area contributed by atoms with Crippen molar-refractivity contribution in [2.45, 2.75) is 31.5 Å². The molecule has 1 saturated heterocycles. The first kappa shape index (κ1) is 16.0. The van der Waals surface area contributed by atoms with E-state index in [0.717, 1.165) is 18.9 Å². The maximum absolute atomic E-state index is 13.1. The van der Waals surface area contributed by atoms with Crippen LogP contribution in [0, 0.1) is 0 Å². The van der Waals surface area contributed by atoms with Crippen molar-refractivity contribution in [1.82, 2.24) is 0 Å². The number of halogens is 3. The van der Waals surface area contributed by atoms with Crippen molar-refractivity contribution < 1.29 is 17.9 Å². The second kappa shape index (κ2) is 5.81. The molecule has 0 radical (unpaired) electrons. The Kier molecular flexibility index (Phi) is 4.43. The van der Waals surface area contributed by atoms with Crippen LogP contribution >= 0.6 is 12.2 Å². The minimum absolute atomic E-state index is 0.159. The molecule has 1 unspecified atom stereocenters. The maximum atomic E-state index is 13.1. The third kappa shape index (κ3) is 3.85. The highest BCUT2D eigenvalue weighted by Crippen LogP contribution is 2.35. The quantitative estimate of drug-likeness (QED) is 0.839. The second-order valence-electron chi connectivity index (χ2n) is 5.46. The molecule has 0 spiro atoms. The molecule has 21 heavy (non-hydrogen) atoms. The Morgan fingerprint density at radius 1 is 1.43 bits per heavy atom. The van der Waals surface area contributed by atoms with Crippen LogP contribution in [0.2, 0.25) is 0 Å². The van der Waals surface area contributed by atoms with Crippen LogP contribution in [0.5, 0.6) is 0 Å². The molecule has 1 aliphatic heterocycles. The fourth-order valence-electron chi connectivity index (χ4n) is 2.45. The summed E-state index contributed by atoms with van der Waals surface area (Å²) in [6.45, 7) is 3.08. The van der Waals surface area contributed by atoms with Gasteiger partial charge in [0, 0.05) is 17.9 Å². The van der Waals surface area contributed by atoms with Gasteiger partial charge in [-0.3, -0.25) is 0 Å². The van der Waals surface area contributed by atoms with E-state index in [1.165, 1.54) is 6.07 Å². The summed E-state index contributed by atoms with van der Waals surface area (Å²) in [4.78, 5) is -0.263. The van der Waals surface area contributed by atoms with E-state index in [-0.39, 0.29) is 16.1 Å². The number of nitrogens with two attached hydrogens (primary N) is 1. The highest BCUT2D eigenvalue weighted by atomic mass is 32.1. The average Bonchev–Trinajstić information content (AvgIpc) is 2.37. The molecule has 0 aromatic heterocycles. The smallest absolute Gasteiger partial charge is 0.389 e. The number of benzene rings is 1. The zero-order valence-electron chi connectivity index (χ0n) is 11.6. The summed E-state index contributed by atoms with van der Waals surface area (Å²) in [5.41, 5.74) is 4.40. The zero-order valence-corrected chi connectivity index (χ0v) is 12.4. The molecule has 0 saturated carbocycles. The van der Waals surface area contributed by atoms with Gasteiger partial charge in [0.1, 0.15) is 4.99 Å². The van der Waals surface area contributed by atoms with Crippen LogP contribution in [-0.2, 0) is 10.9 Å². The number of nitrogens with one attached hydrogen (secondary N) is 1. The van der Waals surface area contributed by atoms with E-state index >= 15 is 0 Å². The van der Waals surface area contributed by atoms with Gasteiger partial charge < -0.3 is 15.8 Å². The molecule has 1 atom stereocenters. The molecule has 1 heterocycles. The Labute approximate surface area is 126 Å². The Morgan fingerprint density at radius 2 is 2.14 bits per heavy atom. The standard InChI is InChI=1S/C14H17F3N2OS/c1-13(5-2-6-20-8-13)19-9-3-4-10(12(18)21)11(7-9)14(15,16)17/h3-4,7,19H,2,5-6,8H2,1H3,(H2,18,21). The van der Waals surface area contributed by atoms with Crippen LogP contribution in [0.15, 0.2) is 18.2 Å². The Morgan fingerprint density at radius 3 is 2.67 bits per heavy atom. The zero-order chi connectivity index (χ0) is 15.7. The van der Waals surface area contributed by atoms with Crippen LogP contribution in [-0.4, -0.2) is 23.7 Å². The Balaban J connectivity index is 2.31. The molecule has 1 fully saturated rings. The fourth-order valence-corrected chi connectivity index (χ4v) is 2.63. The summed E-state index contributed by atoms with van der Waals surface area (Å²) < 4.78 is 44.7. The first-order valence-corrected chi connectivity index (χ1v) is 6.99. The number of anilines is 1. The van der Waals surface area contributed by atoms with Crippen molar-refractivity contribution in [1.29, 1.82) is 0 Å². The van der Waals surface area contributed by atoms with Gasteiger partial charge in [0.05, 0.1) is 17.7 Å². The number of ether oxygens (including phenoxy) is 1. The predicted molar refractivity (Wildman–Crippen MR) is 79.4 cm³/mol. The molecule has 3 nitrogen and oxygen atoms in total. The van der Waals surface area contributed by atoms with Crippen molar-refractivity contribution in [2.24, 2.45) is 5.73 Å². The topological polar surface area (TPSA) is 47.3 Å². The molecule has 2 rings (SSSR count). The molecule has 1 aromatic rings. The van der Waals surface area contributed by atoms with Gasteiger partial charge in [-0.15, -0.1) is 0 Å². The number of rotatable bonds is 3. The SMILES string of the molecule is CC1(Nc2ccc(C(N)=S)c(C(F)(F)F)c2)CCCOC1. The number of thiocarbonyl (C=S) groups is 1. The van der Waals surface area contributed by atoms with E-state index in [9.17, 15) is 13.2 Å². The average molecular weight is 318 g/mol. The van der Waals surface area contributed by atoms with Crippen LogP contribution in [0.25, 0.3) is 0 Å². The van der Waals surface area contributed by atoms with E-state index in [1.807, 2.05) is 6.92 Å². The lowest BCUT2D eigenvalue weighted by Crippen LogP contribution is -2.43. The first-order chi connectivity index (χ1) is 9.71. The highest BCUT2D eigenvalue weighted by Gasteiger charge is 2.35. The minimum Gasteiger partial charge on any atom is -0.389 e. The molecular formula is C14H17F3N2OS. The summed E-state index contributed by atoms with van der Waals surface area (Å²) in [6, 6.07) is 3.92. The molecule has 116 valence electrons. The summed E-state index contributed by atoms with van der Waals surface area (Å²) >= 11 is 4.68. The molecular weight excluding hydrogens is 301 g/mol. The van der Waals surface area contributed by atoms with Crippen molar-refractivity contribution in [3.05, 3.63) is 29.3 Å². The lowest BCUT2D eigenvalue weighted by Gasteiger charge is -2.35. The van der Waals surface area contributed by atoms with Gasteiger partial charge in [-0.2, -0.15) is 13.2 Å². The highest BCUT2D eigenvalue weighted by molar-refractivity contribution is 7.80. The van der Waals surface area contributed by atoms with Crippen molar-refractivity contribution in [3.8, 4) is 0 Å². The molecule has 1 aliphatic rings. The van der Waals surface area contributed by atoms with Crippen molar-refractivity contribution in [3.63, 3.8) is 0 Å². The normalized spacial score (nSPS) is 22.9. The van der Waals surface area contributed by atoms with Crippen LogP contribution in [0.1, 0.15) is 30.9 Å². The fraction of sp³-hybridized carbons (Fsp3) is 0.500. The molecule has 0 amide bonds. The molecule has 7 heteroatoms. The van der Waals surface area contributed by atoms with E-state index in [0.29, 0.717) is 18.9 Å².